The zero-order valence-corrected chi connectivity index (χ0v) is 13.3. The van der Waals surface area contributed by atoms with Crippen molar-refractivity contribution in [2.45, 2.75) is 12.8 Å². The van der Waals surface area contributed by atoms with Gasteiger partial charge in [-0.1, -0.05) is 17.7 Å². The number of hydrogen-bond acceptors (Lipinski definition) is 6. The molecule has 0 aliphatic carbocycles. The standard InChI is InChI=1S/C15H18ClN7/c16-10-4-3-5-11(8-10)21-13-12-14(18-7-2-1-6-17)22-23-15(12)20-9-19-13/h3-5,8-9H,1-2,6-7,17H2,(H3,18,19,20,21,22,23). The number of fused-ring (bicyclic) bond motifs is 1. The van der Waals surface area contributed by atoms with Crippen LogP contribution in [-0.2, 0) is 0 Å². The molecule has 3 rings (SSSR count). The molecule has 7 nitrogen and oxygen atoms in total. The molecule has 2 aromatic heterocycles. The lowest BCUT2D eigenvalue weighted by atomic mass is 10.3. The summed E-state index contributed by atoms with van der Waals surface area (Å²) in [4.78, 5) is 8.53. The van der Waals surface area contributed by atoms with E-state index in [0.717, 1.165) is 36.3 Å². The van der Waals surface area contributed by atoms with Gasteiger partial charge in [-0.05, 0) is 37.6 Å². The average Bonchev–Trinajstić information content (AvgIpc) is 2.96. The van der Waals surface area contributed by atoms with Crippen molar-refractivity contribution in [2.24, 2.45) is 5.73 Å². The third kappa shape index (κ3) is 3.69. The quantitative estimate of drug-likeness (QED) is 0.496. The Labute approximate surface area is 138 Å². The molecule has 120 valence electrons. The van der Waals surface area contributed by atoms with E-state index in [1.165, 1.54) is 6.33 Å². The van der Waals surface area contributed by atoms with Crippen molar-refractivity contribution in [2.75, 3.05) is 23.7 Å². The molecule has 0 atom stereocenters. The fourth-order valence-corrected chi connectivity index (χ4v) is 2.45. The van der Waals surface area contributed by atoms with Crippen LogP contribution in [0, 0.1) is 0 Å². The molecule has 0 saturated carbocycles. The number of benzene rings is 1. The Bertz CT molecular complexity index is 786. The number of nitrogens with one attached hydrogen (secondary N) is 3. The smallest absolute Gasteiger partial charge is 0.162 e. The molecule has 8 heteroatoms. The van der Waals surface area contributed by atoms with E-state index < -0.39 is 0 Å². The summed E-state index contributed by atoms with van der Waals surface area (Å²) >= 11 is 6.02. The molecule has 3 aromatic rings. The highest BCUT2D eigenvalue weighted by Crippen LogP contribution is 2.28. The molecule has 5 N–H and O–H groups in total. The number of unbranched alkanes of at least 4 members (excludes halogenated alkanes) is 1. The fraction of sp³-hybridized carbons (Fsp3) is 0.267. The molecule has 0 fully saturated rings. The van der Waals surface area contributed by atoms with E-state index in [1.54, 1.807) is 0 Å². The summed E-state index contributed by atoms with van der Waals surface area (Å²) in [6.45, 7) is 1.48. The van der Waals surface area contributed by atoms with Crippen LogP contribution in [0.3, 0.4) is 0 Å². The van der Waals surface area contributed by atoms with E-state index in [9.17, 15) is 0 Å². The lowest BCUT2D eigenvalue weighted by molar-refractivity contribution is 0.772. The van der Waals surface area contributed by atoms with E-state index in [0.29, 0.717) is 23.0 Å². The van der Waals surface area contributed by atoms with Gasteiger partial charge < -0.3 is 16.4 Å². The highest BCUT2D eigenvalue weighted by molar-refractivity contribution is 6.30. The van der Waals surface area contributed by atoms with Crippen LogP contribution in [0.1, 0.15) is 12.8 Å². The maximum absolute atomic E-state index is 6.02. The normalized spacial score (nSPS) is 10.9. The Morgan fingerprint density at radius 3 is 2.91 bits per heavy atom. The first-order valence-electron chi connectivity index (χ1n) is 7.43. The third-order valence-corrected chi connectivity index (χ3v) is 3.60. The first kappa shape index (κ1) is 15.5. The van der Waals surface area contributed by atoms with Gasteiger partial charge in [0.05, 0.1) is 0 Å². The number of halogens is 1. The van der Waals surface area contributed by atoms with E-state index >= 15 is 0 Å². The van der Waals surface area contributed by atoms with Crippen LogP contribution in [0.15, 0.2) is 30.6 Å². The van der Waals surface area contributed by atoms with Crippen molar-refractivity contribution in [3.8, 4) is 0 Å². The minimum absolute atomic E-state index is 0.660. The predicted octanol–water partition coefficient (Wildman–Crippen LogP) is 2.90. The van der Waals surface area contributed by atoms with Gasteiger partial charge in [0.2, 0.25) is 0 Å². The molecule has 0 radical (unpaired) electrons. The lowest BCUT2D eigenvalue weighted by Gasteiger charge is -2.08. The first-order chi connectivity index (χ1) is 11.3. The Hall–Kier alpha value is -2.38. The van der Waals surface area contributed by atoms with Gasteiger partial charge in [0.25, 0.3) is 0 Å². The van der Waals surface area contributed by atoms with Crippen LogP contribution in [0.25, 0.3) is 11.0 Å². The van der Waals surface area contributed by atoms with Gasteiger partial charge in [0.1, 0.15) is 17.5 Å². The summed E-state index contributed by atoms with van der Waals surface area (Å²) in [5.74, 6) is 1.40. The summed E-state index contributed by atoms with van der Waals surface area (Å²) in [7, 11) is 0. The van der Waals surface area contributed by atoms with Gasteiger partial charge in [-0.2, -0.15) is 5.10 Å². The Morgan fingerprint density at radius 1 is 1.17 bits per heavy atom. The minimum atomic E-state index is 0.660. The van der Waals surface area contributed by atoms with Crippen molar-refractivity contribution >= 4 is 40.0 Å². The van der Waals surface area contributed by atoms with Crippen LogP contribution in [0.5, 0.6) is 0 Å². The largest absolute Gasteiger partial charge is 0.368 e. The molecule has 0 unspecified atom stereocenters. The van der Waals surface area contributed by atoms with Crippen molar-refractivity contribution < 1.29 is 0 Å². The summed E-state index contributed by atoms with van der Waals surface area (Å²) in [5, 5.41) is 15.2. The predicted molar refractivity (Wildman–Crippen MR) is 93.2 cm³/mol. The number of aromatic amines is 1. The van der Waals surface area contributed by atoms with Gasteiger partial charge in [0.15, 0.2) is 11.5 Å². The fourth-order valence-electron chi connectivity index (χ4n) is 2.26. The Balaban J connectivity index is 1.86. The van der Waals surface area contributed by atoms with Crippen molar-refractivity contribution in [1.82, 2.24) is 20.2 Å². The second-order valence-electron chi connectivity index (χ2n) is 5.08. The van der Waals surface area contributed by atoms with Crippen LogP contribution in [0.4, 0.5) is 17.3 Å². The van der Waals surface area contributed by atoms with E-state index in [-0.39, 0.29) is 0 Å². The van der Waals surface area contributed by atoms with E-state index in [2.05, 4.69) is 30.8 Å². The zero-order chi connectivity index (χ0) is 16.1. The molecule has 0 amide bonds. The van der Waals surface area contributed by atoms with Crippen LogP contribution < -0.4 is 16.4 Å². The summed E-state index contributed by atoms with van der Waals surface area (Å²) < 4.78 is 0. The van der Waals surface area contributed by atoms with Crippen molar-refractivity contribution in [3.63, 3.8) is 0 Å². The molecule has 23 heavy (non-hydrogen) atoms. The Morgan fingerprint density at radius 2 is 2.09 bits per heavy atom. The number of hydrogen-bond donors (Lipinski definition) is 4. The molecule has 0 aliphatic rings. The molecule has 0 saturated heterocycles. The maximum atomic E-state index is 6.02. The monoisotopic (exact) mass is 331 g/mol. The average molecular weight is 332 g/mol. The van der Waals surface area contributed by atoms with Gasteiger partial charge >= 0.3 is 0 Å². The van der Waals surface area contributed by atoms with Gasteiger partial charge in [-0.25, -0.2) is 9.97 Å². The minimum Gasteiger partial charge on any atom is -0.368 e. The second-order valence-corrected chi connectivity index (χ2v) is 5.51. The topological polar surface area (TPSA) is 105 Å². The highest BCUT2D eigenvalue weighted by atomic mass is 35.5. The molecule has 0 aliphatic heterocycles. The first-order valence-corrected chi connectivity index (χ1v) is 7.81. The molecule has 0 spiro atoms. The molecule has 0 bridgehead atoms. The number of anilines is 3. The number of nitrogens with zero attached hydrogens (tertiary/aromatic N) is 3. The number of aromatic nitrogens is 4. The molecule has 2 heterocycles. The van der Waals surface area contributed by atoms with Gasteiger partial charge in [-0.15, -0.1) is 0 Å². The zero-order valence-electron chi connectivity index (χ0n) is 12.5. The van der Waals surface area contributed by atoms with Gasteiger partial charge in [-0.3, -0.25) is 5.10 Å². The van der Waals surface area contributed by atoms with Crippen molar-refractivity contribution in [1.29, 1.82) is 0 Å². The third-order valence-electron chi connectivity index (χ3n) is 3.37. The van der Waals surface area contributed by atoms with Crippen LogP contribution in [0.2, 0.25) is 5.02 Å². The highest BCUT2D eigenvalue weighted by Gasteiger charge is 2.12. The van der Waals surface area contributed by atoms with Crippen LogP contribution in [-0.4, -0.2) is 33.3 Å². The van der Waals surface area contributed by atoms with E-state index in [4.69, 9.17) is 17.3 Å². The summed E-state index contributed by atoms with van der Waals surface area (Å²) in [5.41, 5.74) is 7.04. The number of H-pyrrole nitrogens is 1. The van der Waals surface area contributed by atoms with E-state index in [1.807, 2.05) is 24.3 Å². The lowest BCUT2D eigenvalue weighted by Crippen LogP contribution is -2.06. The van der Waals surface area contributed by atoms with Crippen LogP contribution >= 0.6 is 11.6 Å². The second kappa shape index (κ2) is 7.26. The number of nitrogens with two attached hydrogens (primary N) is 1. The van der Waals surface area contributed by atoms with Crippen molar-refractivity contribution in [3.05, 3.63) is 35.6 Å². The number of rotatable bonds is 7. The molecular formula is C15H18ClN7. The summed E-state index contributed by atoms with van der Waals surface area (Å²) in [6.07, 6.45) is 3.45. The summed E-state index contributed by atoms with van der Waals surface area (Å²) in [6, 6.07) is 7.47. The Kier molecular flexibility index (Phi) is 4.89. The van der Waals surface area contributed by atoms with Gasteiger partial charge in [0, 0.05) is 17.3 Å². The molecule has 1 aromatic carbocycles. The maximum Gasteiger partial charge on any atom is 0.162 e. The molecular weight excluding hydrogens is 314 g/mol. The SMILES string of the molecule is NCCCCNc1n[nH]c2ncnc(Nc3cccc(Cl)c3)c12.